The highest BCUT2D eigenvalue weighted by molar-refractivity contribution is 7.17. The first-order valence-corrected chi connectivity index (χ1v) is 9.67. The van der Waals surface area contributed by atoms with Gasteiger partial charge in [-0.2, -0.15) is 0 Å². The van der Waals surface area contributed by atoms with Crippen molar-refractivity contribution in [1.29, 1.82) is 0 Å². The number of piperidine rings is 1. The van der Waals surface area contributed by atoms with Gasteiger partial charge in [0, 0.05) is 13.1 Å². The predicted octanol–water partition coefficient (Wildman–Crippen LogP) is 3.91. The van der Waals surface area contributed by atoms with E-state index in [9.17, 15) is 9.18 Å². The molecule has 2 aromatic rings. The maximum Gasteiger partial charge on any atom is 0.265 e. The number of likely N-dealkylation sites (tertiary alicyclic amines) is 1. The maximum atomic E-state index is 13.0. The van der Waals surface area contributed by atoms with Crippen LogP contribution in [-0.2, 0) is 12.8 Å². The van der Waals surface area contributed by atoms with Gasteiger partial charge in [0.15, 0.2) is 5.13 Å². The van der Waals surface area contributed by atoms with Gasteiger partial charge in [-0.3, -0.25) is 4.79 Å². The second-order valence-electron chi connectivity index (χ2n) is 6.61. The highest BCUT2D eigenvalue weighted by atomic mass is 32.1. The van der Waals surface area contributed by atoms with Gasteiger partial charge in [0.25, 0.3) is 5.91 Å². The standard InChI is InChI=1S/C19H24FN3OS/c1-2-16-17(25-19(21)22-16)18(24)23-11-3-4-14(12-23)6-5-13-7-9-15(20)10-8-13/h7-10,14H,2-6,11-12H2,1H3,(H2,21,22)/t14-/m0/s1. The molecule has 0 saturated carbocycles. The highest BCUT2D eigenvalue weighted by Crippen LogP contribution is 2.27. The van der Waals surface area contributed by atoms with Crippen molar-refractivity contribution < 1.29 is 9.18 Å². The molecule has 1 aromatic heterocycles. The fourth-order valence-corrected chi connectivity index (χ4v) is 4.32. The number of nitrogens with two attached hydrogens (primary N) is 1. The molecule has 1 atom stereocenters. The first kappa shape index (κ1) is 17.9. The van der Waals surface area contributed by atoms with Gasteiger partial charge in [-0.25, -0.2) is 9.37 Å². The van der Waals surface area contributed by atoms with E-state index in [0.717, 1.165) is 56.5 Å². The van der Waals surface area contributed by atoms with E-state index < -0.39 is 0 Å². The Morgan fingerprint density at radius 1 is 1.40 bits per heavy atom. The van der Waals surface area contributed by atoms with Gasteiger partial charge in [0.05, 0.1) is 5.69 Å². The van der Waals surface area contributed by atoms with Gasteiger partial charge in [0.1, 0.15) is 10.7 Å². The van der Waals surface area contributed by atoms with Crippen molar-refractivity contribution in [3.8, 4) is 0 Å². The fraction of sp³-hybridized carbons (Fsp3) is 0.474. The molecule has 4 nitrogen and oxygen atoms in total. The molecule has 25 heavy (non-hydrogen) atoms. The molecule has 2 heterocycles. The van der Waals surface area contributed by atoms with E-state index in [1.165, 1.54) is 23.5 Å². The lowest BCUT2D eigenvalue weighted by molar-refractivity contribution is 0.0672. The number of nitrogen functional groups attached to an aromatic ring is 1. The maximum absolute atomic E-state index is 13.0. The third kappa shape index (κ3) is 4.37. The Hall–Kier alpha value is -1.95. The minimum absolute atomic E-state index is 0.0672. The first-order valence-electron chi connectivity index (χ1n) is 8.85. The Bertz CT molecular complexity index is 729. The second-order valence-corrected chi connectivity index (χ2v) is 7.64. The first-order chi connectivity index (χ1) is 12.1. The number of hydrogen-bond donors (Lipinski definition) is 1. The Labute approximate surface area is 151 Å². The van der Waals surface area contributed by atoms with Crippen molar-refractivity contribution in [1.82, 2.24) is 9.88 Å². The average molecular weight is 361 g/mol. The summed E-state index contributed by atoms with van der Waals surface area (Å²) in [5.74, 6) is 0.351. The summed E-state index contributed by atoms with van der Waals surface area (Å²) in [6, 6.07) is 6.70. The minimum Gasteiger partial charge on any atom is -0.375 e. The van der Waals surface area contributed by atoms with Crippen molar-refractivity contribution in [3.05, 3.63) is 46.2 Å². The predicted molar refractivity (Wildman–Crippen MR) is 99.3 cm³/mol. The molecule has 6 heteroatoms. The highest BCUT2D eigenvalue weighted by Gasteiger charge is 2.27. The van der Waals surface area contributed by atoms with Crippen molar-refractivity contribution in [2.45, 2.75) is 39.0 Å². The van der Waals surface area contributed by atoms with Gasteiger partial charge < -0.3 is 10.6 Å². The van der Waals surface area contributed by atoms with Gasteiger partial charge in [-0.1, -0.05) is 30.4 Å². The molecule has 1 fully saturated rings. The zero-order valence-electron chi connectivity index (χ0n) is 14.5. The van der Waals surface area contributed by atoms with Gasteiger partial charge in [0.2, 0.25) is 0 Å². The molecule has 0 spiro atoms. The smallest absolute Gasteiger partial charge is 0.265 e. The van der Waals surface area contributed by atoms with Crippen molar-refractivity contribution in [3.63, 3.8) is 0 Å². The normalized spacial score (nSPS) is 17.7. The van der Waals surface area contributed by atoms with E-state index in [2.05, 4.69) is 4.98 Å². The van der Waals surface area contributed by atoms with Gasteiger partial charge >= 0.3 is 0 Å². The van der Waals surface area contributed by atoms with E-state index in [4.69, 9.17) is 5.73 Å². The number of hydrogen-bond acceptors (Lipinski definition) is 4. The summed E-state index contributed by atoms with van der Waals surface area (Å²) >= 11 is 1.29. The second kappa shape index (κ2) is 7.95. The number of thiazole rings is 1. The molecule has 0 aliphatic carbocycles. The number of carbonyl (C=O) groups excluding carboxylic acids is 1. The summed E-state index contributed by atoms with van der Waals surface area (Å²) in [5, 5.41) is 0.463. The number of carbonyl (C=O) groups is 1. The molecule has 1 amide bonds. The molecule has 0 unspecified atom stereocenters. The SMILES string of the molecule is CCc1nc(N)sc1C(=O)N1CCC[C@@H](CCc2ccc(F)cc2)C1. The molecule has 0 bridgehead atoms. The zero-order valence-corrected chi connectivity index (χ0v) is 15.3. The minimum atomic E-state index is -0.200. The molecule has 134 valence electrons. The molecular weight excluding hydrogens is 337 g/mol. The summed E-state index contributed by atoms with van der Waals surface area (Å²) in [6.07, 6.45) is 4.81. The van der Waals surface area contributed by atoms with E-state index in [-0.39, 0.29) is 11.7 Å². The molecule has 1 aliphatic heterocycles. The van der Waals surface area contributed by atoms with Crippen LogP contribution in [0.25, 0.3) is 0 Å². The number of halogens is 1. The van der Waals surface area contributed by atoms with Crippen LogP contribution < -0.4 is 5.73 Å². The van der Waals surface area contributed by atoms with Crippen LogP contribution in [0.3, 0.4) is 0 Å². The van der Waals surface area contributed by atoms with Gasteiger partial charge in [-0.05, 0) is 55.7 Å². The van der Waals surface area contributed by atoms with E-state index >= 15 is 0 Å². The Balaban J connectivity index is 1.60. The molecular formula is C19H24FN3OS. The number of nitrogens with zero attached hydrogens (tertiary/aromatic N) is 2. The molecule has 0 radical (unpaired) electrons. The molecule has 2 N–H and O–H groups in total. The lowest BCUT2D eigenvalue weighted by Gasteiger charge is -2.32. The zero-order chi connectivity index (χ0) is 17.8. The van der Waals surface area contributed by atoms with Crippen LogP contribution in [0.4, 0.5) is 9.52 Å². The average Bonchev–Trinajstić information content (AvgIpc) is 3.02. The van der Waals surface area contributed by atoms with Crippen LogP contribution >= 0.6 is 11.3 Å². The molecule has 1 aliphatic rings. The van der Waals surface area contributed by atoms with Crippen molar-refractivity contribution in [2.75, 3.05) is 18.8 Å². The quantitative estimate of drug-likeness (QED) is 0.878. The summed E-state index contributed by atoms with van der Waals surface area (Å²) in [5.41, 5.74) is 7.74. The topological polar surface area (TPSA) is 59.2 Å². The third-order valence-electron chi connectivity index (χ3n) is 4.80. The third-order valence-corrected chi connectivity index (χ3v) is 5.72. The number of rotatable bonds is 5. The van der Waals surface area contributed by atoms with Crippen LogP contribution in [0.1, 0.15) is 47.1 Å². The Morgan fingerprint density at radius 3 is 2.88 bits per heavy atom. The van der Waals surface area contributed by atoms with Crippen molar-refractivity contribution >= 4 is 22.4 Å². The monoisotopic (exact) mass is 361 g/mol. The van der Waals surface area contributed by atoms with Crippen LogP contribution in [0.5, 0.6) is 0 Å². The van der Waals surface area contributed by atoms with Crippen LogP contribution in [0, 0.1) is 11.7 Å². The fourth-order valence-electron chi connectivity index (χ4n) is 3.43. The molecule has 1 saturated heterocycles. The van der Waals surface area contributed by atoms with E-state index in [0.29, 0.717) is 15.9 Å². The van der Waals surface area contributed by atoms with Crippen LogP contribution in [0.2, 0.25) is 0 Å². The summed E-state index contributed by atoms with van der Waals surface area (Å²) < 4.78 is 13.0. The Morgan fingerprint density at radius 2 is 2.16 bits per heavy atom. The van der Waals surface area contributed by atoms with Gasteiger partial charge in [-0.15, -0.1) is 0 Å². The van der Waals surface area contributed by atoms with Crippen molar-refractivity contribution in [2.24, 2.45) is 5.92 Å². The largest absolute Gasteiger partial charge is 0.375 e. The molecule has 1 aromatic carbocycles. The van der Waals surface area contributed by atoms with Crippen LogP contribution in [-0.4, -0.2) is 28.9 Å². The number of amides is 1. The molecule has 3 rings (SSSR count). The number of aromatic nitrogens is 1. The summed E-state index contributed by atoms with van der Waals surface area (Å²) in [6.45, 7) is 3.57. The Kier molecular flexibility index (Phi) is 5.68. The number of aryl methyl sites for hydroxylation is 2. The van der Waals surface area contributed by atoms with E-state index in [1.54, 1.807) is 0 Å². The van der Waals surface area contributed by atoms with E-state index in [1.807, 2.05) is 24.0 Å². The summed E-state index contributed by atoms with van der Waals surface area (Å²) in [7, 11) is 0. The number of anilines is 1. The summed E-state index contributed by atoms with van der Waals surface area (Å²) in [4.78, 5) is 19.8. The van der Waals surface area contributed by atoms with Crippen LogP contribution in [0.15, 0.2) is 24.3 Å². The lowest BCUT2D eigenvalue weighted by atomic mass is 9.91. The number of benzene rings is 1. The lowest BCUT2D eigenvalue weighted by Crippen LogP contribution is -2.40.